The number of aromatic nitrogens is 3. The lowest BCUT2D eigenvalue weighted by atomic mass is 10.1. The lowest BCUT2D eigenvalue weighted by Gasteiger charge is -2.08. The van der Waals surface area contributed by atoms with Crippen LogP contribution in [-0.4, -0.2) is 20.7 Å². The Kier molecular flexibility index (Phi) is 5.35. The number of amides is 1. The van der Waals surface area contributed by atoms with Gasteiger partial charge >= 0.3 is 0 Å². The molecule has 29 heavy (non-hydrogen) atoms. The molecular weight excluding hydrogens is 391 g/mol. The zero-order valence-corrected chi connectivity index (χ0v) is 16.0. The standard InChI is InChI=1S/C22H16ClFN4O/c23-16-6-10-19(11-7-16)28-21(22(29)26-14-18-3-1-2-12-25-18)13-20(27-28)15-4-8-17(24)9-5-15/h1-13H,14H2,(H,26,29). The van der Waals surface area contributed by atoms with E-state index in [-0.39, 0.29) is 18.3 Å². The van der Waals surface area contributed by atoms with Crippen LogP contribution in [0.4, 0.5) is 4.39 Å². The first-order chi connectivity index (χ1) is 14.1. The van der Waals surface area contributed by atoms with E-state index in [1.54, 1.807) is 53.3 Å². The van der Waals surface area contributed by atoms with Gasteiger partial charge in [0.05, 0.1) is 23.6 Å². The molecule has 7 heteroatoms. The molecule has 0 aliphatic carbocycles. The molecule has 0 saturated heterocycles. The van der Waals surface area contributed by atoms with Gasteiger partial charge in [-0.3, -0.25) is 9.78 Å². The van der Waals surface area contributed by atoms with Crippen LogP contribution < -0.4 is 5.32 Å². The highest BCUT2D eigenvalue weighted by atomic mass is 35.5. The monoisotopic (exact) mass is 406 g/mol. The van der Waals surface area contributed by atoms with Crippen molar-refractivity contribution in [3.05, 3.63) is 101 Å². The summed E-state index contributed by atoms with van der Waals surface area (Å²) < 4.78 is 14.8. The first-order valence-electron chi connectivity index (χ1n) is 8.90. The van der Waals surface area contributed by atoms with Crippen LogP contribution in [-0.2, 0) is 6.54 Å². The maximum absolute atomic E-state index is 13.3. The topological polar surface area (TPSA) is 59.8 Å². The molecule has 1 amide bonds. The first kappa shape index (κ1) is 18.8. The fourth-order valence-electron chi connectivity index (χ4n) is 2.85. The number of halogens is 2. The van der Waals surface area contributed by atoms with Gasteiger partial charge in [0.25, 0.3) is 5.91 Å². The van der Waals surface area contributed by atoms with E-state index in [4.69, 9.17) is 11.6 Å². The third kappa shape index (κ3) is 4.33. The Hall–Kier alpha value is -3.51. The van der Waals surface area contributed by atoms with Crippen LogP contribution in [0.5, 0.6) is 0 Å². The second kappa shape index (κ2) is 8.24. The van der Waals surface area contributed by atoms with E-state index in [1.807, 2.05) is 18.2 Å². The quantitative estimate of drug-likeness (QED) is 0.524. The minimum absolute atomic E-state index is 0.289. The van der Waals surface area contributed by atoms with Crippen LogP contribution in [0.25, 0.3) is 16.9 Å². The van der Waals surface area contributed by atoms with E-state index < -0.39 is 0 Å². The highest BCUT2D eigenvalue weighted by Crippen LogP contribution is 2.23. The normalized spacial score (nSPS) is 10.7. The number of carbonyl (C=O) groups is 1. The molecule has 5 nitrogen and oxygen atoms in total. The summed E-state index contributed by atoms with van der Waals surface area (Å²) in [4.78, 5) is 17.1. The van der Waals surface area contributed by atoms with Crippen LogP contribution in [0, 0.1) is 5.82 Å². The Balaban J connectivity index is 1.69. The Morgan fingerprint density at radius 3 is 2.48 bits per heavy atom. The average Bonchev–Trinajstić information content (AvgIpc) is 3.19. The molecular formula is C22H16ClFN4O. The molecule has 1 N–H and O–H groups in total. The highest BCUT2D eigenvalue weighted by molar-refractivity contribution is 6.30. The number of benzene rings is 2. The fraction of sp³-hybridized carbons (Fsp3) is 0.0455. The first-order valence-corrected chi connectivity index (χ1v) is 9.28. The van der Waals surface area contributed by atoms with Crippen molar-refractivity contribution < 1.29 is 9.18 Å². The summed E-state index contributed by atoms with van der Waals surface area (Å²) in [7, 11) is 0. The smallest absolute Gasteiger partial charge is 0.270 e. The summed E-state index contributed by atoms with van der Waals surface area (Å²) >= 11 is 5.98. The Bertz CT molecular complexity index is 1130. The molecule has 4 aromatic rings. The minimum atomic E-state index is -0.334. The van der Waals surface area contributed by atoms with Crippen molar-refractivity contribution in [3.63, 3.8) is 0 Å². The number of hydrogen-bond donors (Lipinski definition) is 1. The third-order valence-corrected chi connectivity index (χ3v) is 4.56. The fourth-order valence-corrected chi connectivity index (χ4v) is 2.97. The molecule has 0 unspecified atom stereocenters. The molecule has 0 saturated carbocycles. The number of pyridine rings is 1. The van der Waals surface area contributed by atoms with Gasteiger partial charge in [-0.15, -0.1) is 0 Å². The summed E-state index contributed by atoms with van der Waals surface area (Å²) in [5.74, 6) is -0.634. The summed E-state index contributed by atoms with van der Waals surface area (Å²) in [5, 5.41) is 8.01. The van der Waals surface area contributed by atoms with Crippen molar-refractivity contribution in [2.75, 3.05) is 0 Å². The Morgan fingerprint density at radius 1 is 1.03 bits per heavy atom. The van der Waals surface area contributed by atoms with Crippen molar-refractivity contribution >= 4 is 17.5 Å². The lowest BCUT2D eigenvalue weighted by Crippen LogP contribution is -2.25. The van der Waals surface area contributed by atoms with Crippen molar-refractivity contribution in [1.82, 2.24) is 20.1 Å². The van der Waals surface area contributed by atoms with E-state index in [2.05, 4.69) is 15.4 Å². The highest BCUT2D eigenvalue weighted by Gasteiger charge is 2.18. The molecule has 2 heterocycles. The van der Waals surface area contributed by atoms with E-state index in [1.165, 1.54) is 12.1 Å². The Labute approximate surface area is 171 Å². The minimum Gasteiger partial charge on any atom is -0.345 e. The van der Waals surface area contributed by atoms with Crippen LogP contribution in [0.2, 0.25) is 5.02 Å². The van der Waals surface area contributed by atoms with Crippen molar-refractivity contribution in [1.29, 1.82) is 0 Å². The van der Waals surface area contributed by atoms with E-state index in [0.29, 0.717) is 27.7 Å². The molecule has 0 spiro atoms. The third-order valence-electron chi connectivity index (χ3n) is 4.31. The summed E-state index contributed by atoms with van der Waals surface area (Å²) in [5.41, 5.74) is 3.05. The van der Waals surface area contributed by atoms with Gasteiger partial charge in [0.15, 0.2) is 0 Å². The molecule has 0 aliphatic rings. The molecule has 4 rings (SSSR count). The predicted octanol–water partition coefficient (Wildman–Crippen LogP) is 4.66. The summed E-state index contributed by atoms with van der Waals surface area (Å²) in [6.45, 7) is 0.289. The molecule has 144 valence electrons. The van der Waals surface area contributed by atoms with Crippen molar-refractivity contribution in [3.8, 4) is 16.9 Å². The number of hydrogen-bond acceptors (Lipinski definition) is 3. The SMILES string of the molecule is O=C(NCc1ccccn1)c1cc(-c2ccc(F)cc2)nn1-c1ccc(Cl)cc1. The number of nitrogens with one attached hydrogen (secondary N) is 1. The van der Waals surface area contributed by atoms with Gasteiger partial charge in [-0.05, 0) is 66.7 Å². The van der Waals surface area contributed by atoms with Crippen molar-refractivity contribution in [2.45, 2.75) is 6.54 Å². The zero-order valence-electron chi connectivity index (χ0n) is 15.2. The number of carbonyl (C=O) groups excluding carboxylic acids is 1. The summed E-state index contributed by atoms with van der Waals surface area (Å²) in [6, 6.07) is 20.2. The van der Waals surface area contributed by atoms with Gasteiger partial charge in [0.2, 0.25) is 0 Å². The van der Waals surface area contributed by atoms with Crippen LogP contribution in [0.15, 0.2) is 79.0 Å². The average molecular weight is 407 g/mol. The maximum Gasteiger partial charge on any atom is 0.270 e. The largest absolute Gasteiger partial charge is 0.345 e. The number of rotatable bonds is 5. The second-order valence-corrected chi connectivity index (χ2v) is 6.75. The van der Waals surface area contributed by atoms with E-state index >= 15 is 0 Å². The van der Waals surface area contributed by atoms with E-state index in [9.17, 15) is 9.18 Å². The van der Waals surface area contributed by atoms with Crippen LogP contribution in [0.1, 0.15) is 16.2 Å². The van der Waals surface area contributed by atoms with Gasteiger partial charge in [-0.25, -0.2) is 9.07 Å². The molecule has 0 fully saturated rings. The zero-order chi connectivity index (χ0) is 20.2. The number of nitrogens with zero attached hydrogens (tertiary/aromatic N) is 3. The maximum atomic E-state index is 13.3. The molecule has 0 aliphatic heterocycles. The molecule has 0 radical (unpaired) electrons. The van der Waals surface area contributed by atoms with Gasteiger partial charge in [-0.2, -0.15) is 5.10 Å². The Morgan fingerprint density at radius 2 is 1.79 bits per heavy atom. The van der Waals surface area contributed by atoms with E-state index in [0.717, 1.165) is 5.69 Å². The molecule has 0 bridgehead atoms. The van der Waals surface area contributed by atoms with Gasteiger partial charge in [0.1, 0.15) is 11.5 Å². The lowest BCUT2D eigenvalue weighted by molar-refractivity contribution is 0.0942. The van der Waals surface area contributed by atoms with Crippen LogP contribution in [0.3, 0.4) is 0 Å². The predicted molar refractivity (Wildman–Crippen MR) is 109 cm³/mol. The van der Waals surface area contributed by atoms with Gasteiger partial charge < -0.3 is 5.32 Å². The summed E-state index contributed by atoms with van der Waals surface area (Å²) in [6.07, 6.45) is 1.67. The van der Waals surface area contributed by atoms with Crippen LogP contribution >= 0.6 is 11.6 Å². The molecule has 2 aromatic heterocycles. The molecule has 2 aromatic carbocycles. The second-order valence-electron chi connectivity index (χ2n) is 6.31. The molecule has 0 atom stereocenters. The van der Waals surface area contributed by atoms with Gasteiger partial charge in [0, 0.05) is 16.8 Å². The van der Waals surface area contributed by atoms with Crippen molar-refractivity contribution in [2.24, 2.45) is 0 Å². The van der Waals surface area contributed by atoms with Gasteiger partial charge in [-0.1, -0.05) is 17.7 Å².